The maximum atomic E-state index is 12.1. The van der Waals surface area contributed by atoms with Gasteiger partial charge in [0.25, 0.3) is 0 Å². The molecule has 1 N–H and O–H groups in total. The van der Waals surface area contributed by atoms with Crippen molar-refractivity contribution in [2.75, 3.05) is 46.0 Å². The zero-order chi connectivity index (χ0) is 18.4. The topological polar surface area (TPSA) is 91.7 Å². The summed E-state index contributed by atoms with van der Waals surface area (Å²) in [6, 6.07) is 6.90. The van der Waals surface area contributed by atoms with Gasteiger partial charge in [-0.15, -0.1) is 0 Å². The van der Waals surface area contributed by atoms with Crippen molar-refractivity contribution in [2.45, 2.75) is 6.42 Å². The number of benzene rings is 1. The predicted molar refractivity (Wildman–Crippen MR) is 94.2 cm³/mol. The molecule has 26 heavy (non-hydrogen) atoms. The number of hydrogen-bond donors (Lipinski definition) is 1. The van der Waals surface area contributed by atoms with E-state index in [1.165, 1.54) is 5.01 Å². The van der Waals surface area contributed by atoms with E-state index in [1.54, 1.807) is 30.5 Å². The van der Waals surface area contributed by atoms with E-state index in [1.807, 2.05) is 0 Å². The van der Waals surface area contributed by atoms with Crippen molar-refractivity contribution in [3.8, 4) is 5.75 Å². The van der Waals surface area contributed by atoms with E-state index in [0.717, 1.165) is 38.4 Å². The molecule has 0 aliphatic carbocycles. The number of hydrogen-bond acceptors (Lipinski definition) is 6. The van der Waals surface area contributed by atoms with Gasteiger partial charge in [0.2, 0.25) is 5.91 Å². The number of carboxylic acids is 1. The van der Waals surface area contributed by atoms with Crippen LogP contribution in [0.1, 0.15) is 12.0 Å². The quantitative estimate of drug-likeness (QED) is 0.718. The van der Waals surface area contributed by atoms with Gasteiger partial charge in [-0.1, -0.05) is 0 Å². The molecule has 0 bridgehead atoms. The van der Waals surface area contributed by atoms with Crippen molar-refractivity contribution < 1.29 is 24.2 Å². The SMILES string of the molecule is O=C(O)COc1ccc(/C=N\N2CC(CN3CCOCC3)CC2=O)cc1. The standard InChI is InChI=1S/C18H23N3O5/c22-17-9-15(11-20-5-7-25-8-6-20)12-21(17)19-10-14-1-3-16(4-2-14)26-13-18(23)24/h1-4,10,15H,5-9,11-13H2,(H,23,24)/b19-10-. The monoisotopic (exact) mass is 361 g/mol. The van der Waals surface area contributed by atoms with Crippen molar-refractivity contribution in [2.24, 2.45) is 11.0 Å². The van der Waals surface area contributed by atoms with Gasteiger partial charge in [0, 0.05) is 38.5 Å². The van der Waals surface area contributed by atoms with Crippen LogP contribution in [0.15, 0.2) is 29.4 Å². The van der Waals surface area contributed by atoms with Crippen LogP contribution < -0.4 is 4.74 Å². The lowest BCUT2D eigenvalue weighted by Gasteiger charge is -2.28. The summed E-state index contributed by atoms with van der Waals surface area (Å²) in [4.78, 5) is 25.0. The second kappa shape index (κ2) is 8.77. The summed E-state index contributed by atoms with van der Waals surface area (Å²) in [7, 11) is 0. The molecule has 0 saturated carbocycles. The summed E-state index contributed by atoms with van der Waals surface area (Å²) in [5.41, 5.74) is 0.817. The maximum Gasteiger partial charge on any atom is 0.341 e. The van der Waals surface area contributed by atoms with E-state index in [9.17, 15) is 9.59 Å². The van der Waals surface area contributed by atoms with Crippen LogP contribution in [0, 0.1) is 5.92 Å². The molecular formula is C18H23N3O5. The lowest BCUT2D eigenvalue weighted by atomic mass is 10.1. The summed E-state index contributed by atoms with van der Waals surface area (Å²) in [5.74, 6) is -0.201. The van der Waals surface area contributed by atoms with Crippen molar-refractivity contribution in [3.05, 3.63) is 29.8 Å². The van der Waals surface area contributed by atoms with Crippen molar-refractivity contribution >= 4 is 18.1 Å². The highest BCUT2D eigenvalue weighted by Crippen LogP contribution is 2.20. The minimum absolute atomic E-state index is 0.0425. The Balaban J connectivity index is 1.49. The zero-order valence-corrected chi connectivity index (χ0v) is 14.5. The van der Waals surface area contributed by atoms with Crippen LogP contribution in [0.25, 0.3) is 0 Å². The van der Waals surface area contributed by atoms with E-state index in [4.69, 9.17) is 14.6 Å². The Kier molecular flexibility index (Phi) is 6.19. The third-order valence-electron chi connectivity index (χ3n) is 4.39. The number of carbonyl (C=O) groups is 2. The molecule has 1 aromatic rings. The fraction of sp³-hybridized carbons (Fsp3) is 0.500. The molecule has 2 fully saturated rings. The van der Waals surface area contributed by atoms with Crippen LogP contribution in [0.5, 0.6) is 5.75 Å². The van der Waals surface area contributed by atoms with Gasteiger partial charge >= 0.3 is 5.97 Å². The summed E-state index contributed by atoms with van der Waals surface area (Å²) >= 11 is 0. The Morgan fingerprint density at radius 3 is 2.73 bits per heavy atom. The summed E-state index contributed by atoms with van der Waals surface area (Å²) in [5, 5.41) is 14.4. The maximum absolute atomic E-state index is 12.1. The molecule has 2 heterocycles. The van der Waals surface area contributed by atoms with Gasteiger partial charge in [-0.05, 0) is 29.8 Å². The number of nitrogens with zero attached hydrogens (tertiary/aromatic N) is 3. The lowest BCUT2D eigenvalue weighted by molar-refractivity contribution is -0.139. The average molecular weight is 361 g/mol. The highest BCUT2D eigenvalue weighted by molar-refractivity contribution is 5.83. The normalized spacial score (nSPS) is 21.5. The number of ether oxygens (including phenoxy) is 2. The molecule has 1 amide bonds. The molecule has 0 aromatic heterocycles. The van der Waals surface area contributed by atoms with Gasteiger partial charge < -0.3 is 14.6 Å². The Morgan fingerprint density at radius 1 is 1.31 bits per heavy atom. The van der Waals surface area contributed by atoms with Crippen LogP contribution in [-0.2, 0) is 14.3 Å². The summed E-state index contributed by atoms with van der Waals surface area (Å²) < 4.78 is 10.4. The first kappa shape index (κ1) is 18.3. The summed E-state index contributed by atoms with van der Waals surface area (Å²) in [6.45, 7) is 4.52. The van der Waals surface area contributed by atoms with E-state index in [-0.39, 0.29) is 12.5 Å². The zero-order valence-electron chi connectivity index (χ0n) is 14.5. The van der Waals surface area contributed by atoms with Gasteiger partial charge in [-0.25, -0.2) is 9.80 Å². The number of morpholine rings is 1. The Bertz CT molecular complexity index is 655. The number of carboxylic acid groups (broad SMARTS) is 1. The second-order valence-corrected chi connectivity index (χ2v) is 6.45. The molecule has 8 heteroatoms. The number of rotatable bonds is 7. The average Bonchev–Trinajstić information content (AvgIpc) is 2.99. The largest absolute Gasteiger partial charge is 0.482 e. The lowest BCUT2D eigenvalue weighted by Crippen LogP contribution is -2.39. The van der Waals surface area contributed by atoms with Gasteiger partial charge in [-0.2, -0.15) is 5.10 Å². The van der Waals surface area contributed by atoms with Gasteiger partial charge in [0.15, 0.2) is 6.61 Å². The number of carbonyl (C=O) groups excluding carboxylic acids is 1. The van der Waals surface area contributed by atoms with Gasteiger partial charge in [0.1, 0.15) is 5.75 Å². The number of hydrazone groups is 1. The second-order valence-electron chi connectivity index (χ2n) is 6.45. The minimum atomic E-state index is -1.02. The first-order valence-electron chi connectivity index (χ1n) is 8.69. The molecule has 8 nitrogen and oxygen atoms in total. The molecule has 140 valence electrons. The van der Waals surface area contributed by atoms with E-state index < -0.39 is 5.97 Å². The molecule has 2 aliphatic rings. The third kappa shape index (κ3) is 5.27. The smallest absolute Gasteiger partial charge is 0.341 e. The Morgan fingerprint density at radius 2 is 2.04 bits per heavy atom. The van der Waals surface area contributed by atoms with E-state index >= 15 is 0 Å². The summed E-state index contributed by atoms with van der Waals surface area (Å²) in [6.07, 6.45) is 2.16. The molecule has 1 aromatic carbocycles. The molecule has 0 spiro atoms. The first-order valence-corrected chi connectivity index (χ1v) is 8.69. The highest BCUT2D eigenvalue weighted by Gasteiger charge is 2.31. The Hall–Kier alpha value is -2.45. The highest BCUT2D eigenvalue weighted by atomic mass is 16.5. The van der Waals surface area contributed by atoms with Crippen molar-refractivity contribution in [1.29, 1.82) is 0 Å². The molecule has 2 saturated heterocycles. The molecule has 1 unspecified atom stereocenters. The molecule has 1 atom stereocenters. The fourth-order valence-electron chi connectivity index (χ4n) is 3.08. The van der Waals surface area contributed by atoms with E-state index in [2.05, 4.69) is 10.0 Å². The van der Waals surface area contributed by atoms with Crippen molar-refractivity contribution in [3.63, 3.8) is 0 Å². The fourth-order valence-corrected chi connectivity index (χ4v) is 3.08. The molecule has 3 rings (SSSR count). The molecular weight excluding hydrogens is 338 g/mol. The Labute approximate surface area is 152 Å². The van der Waals surface area contributed by atoms with Crippen LogP contribution in [0.2, 0.25) is 0 Å². The van der Waals surface area contributed by atoms with Crippen LogP contribution in [0.3, 0.4) is 0 Å². The minimum Gasteiger partial charge on any atom is -0.482 e. The molecule has 2 aliphatic heterocycles. The number of aliphatic carboxylic acids is 1. The van der Waals surface area contributed by atoms with Crippen LogP contribution in [-0.4, -0.2) is 79.1 Å². The van der Waals surface area contributed by atoms with E-state index in [0.29, 0.717) is 24.6 Å². The van der Waals surface area contributed by atoms with Crippen molar-refractivity contribution in [1.82, 2.24) is 9.91 Å². The van der Waals surface area contributed by atoms with Crippen LogP contribution >= 0.6 is 0 Å². The first-order chi connectivity index (χ1) is 12.6. The number of amides is 1. The molecule has 0 radical (unpaired) electrons. The van der Waals surface area contributed by atoms with Gasteiger partial charge in [0.05, 0.1) is 19.4 Å². The van der Waals surface area contributed by atoms with Gasteiger partial charge in [-0.3, -0.25) is 9.69 Å². The predicted octanol–water partition coefficient (Wildman–Crippen LogP) is 0.665. The third-order valence-corrected chi connectivity index (χ3v) is 4.39. The van der Waals surface area contributed by atoms with Crippen LogP contribution in [0.4, 0.5) is 0 Å².